The predicted octanol–water partition coefficient (Wildman–Crippen LogP) is 1.70. The number of carbonyl (C=O) groups excluding carboxylic acids is 1. The van der Waals surface area contributed by atoms with Crippen molar-refractivity contribution in [2.75, 3.05) is 0 Å². The highest BCUT2D eigenvalue weighted by Crippen LogP contribution is 2.20. The number of fused-ring (bicyclic) bond motifs is 1. The van der Waals surface area contributed by atoms with E-state index in [4.69, 9.17) is 11.6 Å². The zero-order valence-electron chi connectivity index (χ0n) is 12.9. The number of aromatic nitrogens is 4. The molecule has 2 heterocycles. The molecule has 0 fully saturated rings. The lowest BCUT2D eigenvalue weighted by molar-refractivity contribution is -0.122. The van der Waals surface area contributed by atoms with Gasteiger partial charge in [-0.1, -0.05) is 17.7 Å². The molecule has 7 nitrogen and oxygen atoms in total. The number of halogens is 3. The quantitative estimate of drug-likeness (QED) is 0.761. The second kappa shape index (κ2) is 6.60. The maximum atomic E-state index is 13.5. The molecule has 0 aliphatic heterocycles. The topological polar surface area (TPSA) is 81.3 Å². The largest absolute Gasteiger partial charge is 0.352 e. The first-order chi connectivity index (χ1) is 11.8. The molecule has 2 aromatic heterocycles. The summed E-state index contributed by atoms with van der Waals surface area (Å²) in [5.41, 5.74) is -0.177. The SMILES string of the molecule is C[C@H](NC(=O)Cn1nc2ncc(F)cn2c1=O)c1ccc(Cl)c(F)c1. The van der Waals surface area contributed by atoms with E-state index < -0.39 is 29.3 Å². The molecular formula is C15H12ClF2N5O2. The molecule has 0 aliphatic carbocycles. The Bertz CT molecular complexity index is 1020. The van der Waals surface area contributed by atoms with E-state index in [1.54, 1.807) is 13.0 Å². The van der Waals surface area contributed by atoms with Crippen molar-refractivity contribution in [3.8, 4) is 0 Å². The second-order valence-corrected chi connectivity index (χ2v) is 5.75. The van der Waals surface area contributed by atoms with Gasteiger partial charge in [-0.2, -0.15) is 0 Å². The van der Waals surface area contributed by atoms with E-state index in [1.165, 1.54) is 12.1 Å². The number of rotatable bonds is 4. The van der Waals surface area contributed by atoms with Gasteiger partial charge in [0.2, 0.25) is 5.91 Å². The molecule has 0 saturated heterocycles. The third kappa shape index (κ3) is 3.50. The van der Waals surface area contributed by atoms with Gasteiger partial charge in [0, 0.05) is 0 Å². The van der Waals surface area contributed by atoms with Crippen molar-refractivity contribution in [3.05, 3.63) is 63.3 Å². The van der Waals surface area contributed by atoms with Crippen molar-refractivity contribution in [1.29, 1.82) is 0 Å². The van der Waals surface area contributed by atoms with E-state index in [0.29, 0.717) is 5.56 Å². The zero-order chi connectivity index (χ0) is 18.1. The van der Waals surface area contributed by atoms with Crippen LogP contribution < -0.4 is 11.0 Å². The number of hydrogen-bond donors (Lipinski definition) is 1. The molecule has 1 amide bonds. The highest BCUT2D eigenvalue weighted by atomic mass is 35.5. The summed E-state index contributed by atoms with van der Waals surface area (Å²) in [6.45, 7) is 1.27. The van der Waals surface area contributed by atoms with E-state index in [0.717, 1.165) is 21.5 Å². The van der Waals surface area contributed by atoms with Gasteiger partial charge in [0.25, 0.3) is 5.78 Å². The Morgan fingerprint density at radius 3 is 2.88 bits per heavy atom. The van der Waals surface area contributed by atoms with Gasteiger partial charge in [-0.15, -0.1) is 5.10 Å². The Morgan fingerprint density at radius 1 is 1.40 bits per heavy atom. The van der Waals surface area contributed by atoms with Crippen LogP contribution in [0.15, 0.2) is 35.4 Å². The third-order valence-corrected chi connectivity index (χ3v) is 3.83. The van der Waals surface area contributed by atoms with Crippen molar-refractivity contribution in [2.45, 2.75) is 19.5 Å². The fraction of sp³-hybridized carbons (Fsp3) is 0.200. The molecule has 10 heteroatoms. The normalized spacial score (nSPS) is 12.3. The molecule has 0 aliphatic rings. The monoisotopic (exact) mass is 367 g/mol. The number of benzene rings is 1. The summed E-state index contributed by atoms with van der Waals surface area (Å²) in [5.74, 6) is -1.83. The van der Waals surface area contributed by atoms with Crippen molar-refractivity contribution in [3.63, 3.8) is 0 Å². The summed E-state index contributed by atoms with van der Waals surface area (Å²) in [5, 5.41) is 6.46. The van der Waals surface area contributed by atoms with Crippen LogP contribution in [-0.4, -0.2) is 25.1 Å². The molecule has 25 heavy (non-hydrogen) atoms. The van der Waals surface area contributed by atoms with Gasteiger partial charge in [0.05, 0.1) is 23.5 Å². The Morgan fingerprint density at radius 2 is 2.16 bits per heavy atom. The van der Waals surface area contributed by atoms with Crippen LogP contribution in [0.1, 0.15) is 18.5 Å². The molecule has 1 aromatic carbocycles. The van der Waals surface area contributed by atoms with Crippen LogP contribution in [0.2, 0.25) is 5.02 Å². The molecule has 3 rings (SSSR count). The first-order valence-corrected chi connectivity index (χ1v) is 7.58. The number of hydrogen-bond acceptors (Lipinski definition) is 4. The fourth-order valence-corrected chi connectivity index (χ4v) is 2.39. The number of nitrogens with zero attached hydrogens (tertiary/aromatic N) is 4. The van der Waals surface area contributed by atoms with Gasteiger partial charge in [0.1, 0.15) is 12.4 Å². The van der Waals surface area contributed by atoms with E-state index in [2.05, 4.69) is 15.4 Å². The number of nitrogens with one attached hydrogen (secondary N) is 1. The number of carbonyl (C=O) groups is 1. The average Bonchev–Trinajstić information content (AvgIpc) is 2.86. The lowest BCUT2D eigenvalue weighted by Gasteiger charge is -2.14. The lowest BCUT2D eigenvalue weighted by atomic mass is 10.1. The van der Waals surface area contributed by atoms with Crippen molar-refractivity contribution in [1.82, 2.24) is 24.5 Å². The van der Waals surface area contributed by atoms with E-state index in [-0.39, 0.29) is 17.3 Å². The highest BCUT2D eigenvalue weighted by molar-refractivity contribution is 6.30. The van der Waals surface area contributed by atoms with Crippen LogP contribution in [0.5, 0.6) is 0 Å². The van der Waals surface area contributed by atoms with Crippen LogP contribution >= 0.6 is 11.6 Å². The standard InChI is InChI=1S/C15H12ClF2N5O2/c1-8(9-2-3-11(16)12(18)4-9)20-13(24)7-23-15(25)22-6-10(17)5-19-14(22)21-23/h2-6,8H,7H2,1H3,(H,20,24)/t8-/m0/s1. The van der Waals surface area contributed by atoms with Gasteiger partial charge >= 0.3 is 5.69 Å². The predicted molar refractivity (Wildman–Crippen MR) is 85.2 cm³/mol. The smallest absolute Gasteiger partial charge is 0.348 e. The minimum Gasteiger partial charge on any atom is -0.348 e. The molecule has 0 saturated carbocycles. The average molecular weight is 368 g/mol. The molecule has 0 unspecified atom stereocenters. The summed E-state index contributed by atoms with van der Waals surface area (Å²) in [6.07, 6.45) is 1.86. The Hall–Kier alpha value is -2.81. The summed E-state index contributed by atoms with van der Waals surface area (Å²) in [7, 11) is 0. The molecule has 0 spiro atoms. The molecule has 1 N–H and O–H groups in total. The lowest BCUT2D eigenvalue weighted by Crippen LogP contribution is -2.34. The van der Waals surface area contributed by atoms with Gasteiger partial charge < -0.3 is 5.32 Å². The minimum absolute atomic E-state index is 0.0155. The van der Waals surface area contributed by atoms with Crippen molar-refractivity contribution >= 4 is 23.3 Å². The summed E-state index contributed by atoms with van der Waals surface area (Å²) < 4.78 is 28.4. The van der Waals surface area contributed by atoms with Crippen LogP contribution in [0.3, 0.4) is 0 Å². The second-order valence-electron chi connectivity index (χ2n) is 5.35. The Kier molecular flexibility index (Phi) is 4.49. The molecular weight excluding hydrogens is 356 g/mol. The maximum absolute atomic E-state index is 13.5. The Balaban J connectivity index is 1.75. The first kappa shape index (κ1) is 17.0. The maximum Gasteiger partial charge on any atom is 0.352 e. The van der Waals surface area contributed by atoms with Gasteiger partial charge in [-0.3, -0.25) is 4.79 Å². The van der Waals surface area contributed by atoms with Crippen LogP contribution in [0, 0.1) is 11.6 Å². The van der Waals surface area contributed by atoms with E-state index >= 15 is 0 Å². The summed E-state index contributed by atoms with van der Waals surface area (Å²) in [6, 6.07) is 3.68. The molecule has 130 valence electrons. The van der Waals surface area contributed by atoms with Gasteiger partial charge in [0.15, 0.2) is 5.82 Å². The first-order valence-electron chi connectivity index (χ1n) is 7.20. The molecule has 0 bridgehead atoms. The van der Waals surface area contributed by atoms with Crippen LogP contribution in [0.4, 0.5) is 8.78 Å². The highest BCUT2D eigenvalue weighted by Gasteiger charge is 2.15. The van der Waals surface area contributed by atoms with Gasteiger partial charge in [-0.25, -0.2) is 27.6 Å². The summed E-state index contributed by atoms with van der Waals surface area (Å²) in [4.78, 5) is 27.8. The zero-order valence-corrected chi connectivity index (χ0v) is 13.7. The molecule has 1 atom stereocenters. The van der Waals surface area contributed by atoms with Crippen LogP contribution in [-0.2, 0) is 11.3 Å². The Labute approximate surface area is 144 Å². The van der Waals surface area contributed by atoms with Crippen molar-refractivity contribution in [2.24, 2.45) is 0 Å². The molecule has 3 aromatic rings. The number of amides is 1. The van der Waals surface area contributed by atoms with Crippen molar-refractivity contribution < 1.29 is 13.6 Å². The van der Waals surface area contributed by atoms with Gasteiger partial charge in [-0.05, 0) is 24.6 Å². The molecule has 0 radical (unpaired) electrons. The van der Waals surface area contributed by atoms with E-state index in [9.17, 15) is 18.4 Å². The van der Waals surface area contributed by atoms with Crippen LogP contribution in [0.25, 0.3) is 5.78 Å². The van der Waals surface area contributed by atoms with E-state index in [1.807, 2.05) is 0 Å². The fourth-order valence-electron chi connectivity index (χ4n) is 2.28. The minimum atomic E-state index is -0.697. The third-order valence-electron chi connectivity index (χ3n) is 3.52. The summed E-state index contributed by atoms with van der Waals surface area (Å²) >= 11 is 5.62.